The maximum atomic E-state index is 12.0. The van der Waals surface area contributed by atoms with Gasteiger partial charge in [0.05, 0.1) is 25.5 Å². The molecule has 25 heavy (non-hydrogen) atoms. The SMILES string of the molecule is COC(=O)c1ccc(NC(=O)CCNc2cc(C)ccc2OC)cc1. The molecule has 0 heterocycles. The third kappa shape index (κ3) is 5.24. The van der Waals surface area contributed by atoms with Crippen LogP contribution in [0.4, 0.5) is 11.4 Å². The molecule has 6 nitrogen and oxygen atoms in total. The summed E-state index contributed by atoms with van der Waals surface area (Å²) in [5.74, 6) is 0.212. The van der Waals surface area contributed by atoms with E-state index in [0.717, 1.165) is 17.0 Å². The molecule has 0 aliphatic heterocycles. The number of carbonyl (C=O) groups excluding carboxylic acids is 2. The molecule has 132 valence electrons. The van der Waals surface area contributed by atoms with E-state index in [0.29, 0.717) is 24.2 Å². The molecular formula is C19H22N2O4. The summed E-state index contributed by atoms with van der Waals surface area (Å²) < 4.78 is 9.93. The van der Waals surface area contributed by atoms with E-state index in [1.807, 2.05) is 25.1 Å². The van der Waals surface area contributed by atoms with Crippen molar-refractivity contribution in [2.45, 2.75) is 13.3 Å². The Balaban J connectivity index is 1.85. The maximum Gasteiger partial charge on any atom is 0.337 e. The van der Waals surface area contributed by atoms with Crippen molar-refractivity contribution in [2.24, 2.45) is 0 Å². The zero-order chi connectivity index (χ0) is 18.2. The fraction of sp³-hybridized carbons (Fsp3) is 0.263. The summed E-state index contributed by atoms with van der Waals surface area (Å²) in [4.78, 5) is 23.4. The van der Waals surface area contributed by atoms with Gasteiger partial charge in [-0.2, -0.15) is 0 Å². The van der Waals surface area contributed by atoms with Gasteiger partial charge in [0.15, 0.2) is 0 Å². The molecule has 0 aromatic heterocycles. The first kappa shape index (κ1) is 18.3. The molecule has 2 aromatic carbocycles. The number of hydrogen-bond donors (Lipinski definition) is 2. The van der Waals surface area contributed by atoms with Crippen LogP contribution >= 0.6 is 0 Å². The van der Waals surface area contributed by atoms with E-state index in [1.165, 1.54) is 7.11 Å². The average Bonchev–Trinajstić information content (AvgIpc) is 2.62. The van der Waals surface area contributed by atoms with Crippen LogP contribution in [0, 0.1) is 6.92 Å². The molecule has 0 bridgehead atoms. The normalized spacial score (nSPS) is 10.0. The largest absolute Gasteiger partial charge is 0.495 e. The molecule has 2 rings (SSSR count). The van der Waals surface area contributed by atoms with Gasteiger partial charge in [-0.1, -0.05) is 6.07 Å². The van der Waals surface area contributed by atoms with E-state index >= 15 is 0 Å². The number of anilines is 2. The Bertz CT molecular complexity index is 742. The van der Waals surface area contributed by atoms with Gasteiger partial charge < -0.3 is 20.1 Å². The van der Waals surface area contributed by atoms with Crippen molar-refractivity contribution in [1.82, 2.24) is 0 Å². The van der Waals surface area contributed by atoms with Crippen LogP contribution in [-0.2, 0) is 9.53 Å². The second kappa shape index (κ2) is 8.73. The fourth-order valence-corrected chi connectivity index (χ4v) is 2.30. The van der Waals surface area contributed by atoms with Gasteiger partial charge in [-0.25, -0.2) is 4.79 Å². The number of ether oxygens (including phenoxy) is 2. The molecule has 0 saturated heterocycles. The van der Waals surface area contributed by atoms with Crippen LogP contribution in [0.15, 0.2) is 42.5 Å². The van der Waals surface area contributed by atoms with Crippen LogP contribution in [0.3, 0.4) is 0 Å². The Hall–Kier alpha value is -3.02. The Morgan fingerprint density at radius 3 is 2.40 bits per heavy atom. The molecule has 2 N–H and O–H groups in total. The molecule has 6 heteroatoms. The first-order valence-corrected chi connectivity index (χ1v) is 7.90. The van der Waals surface area contributed by atoms with Gasteiger partial charge in [0.2, 0.25) is 5.91 Å². The number of benzene rings is 2. The summed E-state index contributed by atoms with van der Waals surface area (Å²) in [5, 5.41) is 6.00. The van der Waals surface area contributed by atoms with Crippen molar-refractivity contribution in [1.29, 1.82) is 0 Å². The van der Waals surface area contributed by atoms with Crippen molar-refractivity contribution < 1.29 is 19.1 Å². The number of amides is 1. The van der Waals surface area contributed by atoms with Gasteiger partial charge in [0.1, 0.15) is 5.75 Å². The van der Waals surface area contributed by atoms with Crippen molar-refractivity contribution in [3.8, 4) is 5.75 Å². The van der Waals surface area contributed by atoms with Crippen molar-refractivity contribution in [3.05, 3.63) is 53.6 Å². The molecular weight excluding hydrogens is 320 g/mol. The van der Waals surface area contributed by atoms with Crippen molar-refractivity contribution in [3.63, 3.8) is 0 Å². The number of rotatable bonds is 7. The number of esters is 1. The van der Waals surface area contributed by atoms with Crippen LogP contribution in [0.2, 0.25) is 0 Å². The van der Waals surface area contributed by atoms with Crippen LogP contribution < -0.4 is 15.4 Å². The minimum absolute atomic E-state index is 0.120. The summed E-state index contributed by atoms with van der Waals surface area (Å²) >= 11 is 0. The summed E-state index contributed by atoms with van der Waals surface area (Å²) in [6, 6.07) is 12.4. The van der Waals surface area contributed by atoms with Gasteiger partial charge in [-0.15, -0.1) is 0 Å². The fourth-order valence-electron chi connectivity index (χ4n) is 2.30. The van der Waals surface area contributed by atoms with Gasteiger partial charge in [-0.3, -0.25) is 4.79 Å². The molecule has 1 amide bonds. The van der Waals surface area contributed by atoms with Crippen molar-refractivity contribution in [2.75, 3.05) is 31.4 Å². The average molecular weight is 342 g/mol. The summed E-state index contributed by atoms with van der Waals surface area (Å²) in [6.45, 7) is 2.47. The minimum atomic E-state index is -0.408. The van der Waals surface area contributed by atoms with E-state index in [2.05, 4.69) is 15.4 Å². The Labute approximate surface area is 147 Å². The Morgan fingerprint density at radius 2 is 1.76 bits per heavy atom. The lowest BCUT2D eigenvalue weighted by molar-refractivity contribution is -0.115. The first-order valence-electron chi connectivity index (χ1n) is 7.90. The highest BCUT2D eigenvalue weighted by atomic mass is 16.5. The third-order valence-electron chi connectivity index (χ3n) is 3.61. The molecule has 0 aliphatic rings. The topological polar surface area (TPSA) is 76.7 Å². The maximum absolute atomic E-state index is 12.0. The Morgan fingerprint density at radius 1 is 1.04 bits per heavy atom. The Kier molecular flexibility index (Phi) is 6.39. The lowest BCUT2D eigenvalue weighted by Crippen LogP contribution is -2.16. The molecule has 0 unspecified atom stereocenters. The number of nitrogens with one attached hydrogen (secondary N) is 2. The van der Waals surface area contributed by atoms with E-state index < -0.39 is 5.97 Å². The highest BCUT2D eigenvalue weighted by Crippen LogP contribution is 2.25. The van der Waals surface area contributed by atoms with Gasteiger partial charge in [-0.05, 0) is 48.9 Å². The number of methoxy groups -OCH3 is 2. The predicted octanol–water partition coefficient (Wildman–Crippen LogP) is 3.23. The molecule has 0 fully saturated rings. The third-order valence-corrected chi connectivity index (χ3v) is 3.61. The van der Waals surface area contributed by atoms with Crippen LogP contribution in [0.5, 0.6) is 5.75 Å². The number of hydrogen-bond acceptors (Lipinski definition) is 5. The number of aryl methyl sites for hydroxylation is 1. The second-order valence-corrected chi connectivity index (χ2v) is 5.50. The summed E-state index contributed by atoms with van der Waals surface area (Å²) in [7, 11) is 2.94. The smallest absolute Gasteiger partial charge is 0.337 e. The number of carbonyl (C=O) groups is 2. The van der Waals surface area contributed by atoms with E-state index in [-0.39, 0.29) is 5.91 Å². The zero-order valence-corrected chi connectivity index (χ0v) is 14.6. The first-order chi connectivity index (χ1) is 12.0. The van der Waals surface area contributed by atoms with E-state index in [1.54, 1.807) is 31.4 Å². The lowest BCUT2D eigenvalue weighted by Gasteiger charge is -2.12. The quantitative estimate of drug-likeness (QED) is 0.756. The highest BCUT2D eigenvalue weighted by Gasteiger charge is 2.07. The van der Waals surface area contributed by atoms with Gasteiger partial charge in [0, 0.05) is 18.7 Å². The standard InChI is InChI=1S/C19H22N2O4/c1-13-4-9-17(24-2)16(12-13)20-11-10-18(22)21-15-7-5-14(6-8-15)19(23)25-3/h4-9,12,20H,10-11H2,1-3H3,(H,21,22). The molecule has 0 saturated carbocycles. The van der Waals surface area contributed by atoms with E-state index in [9.17, 15) is 9.59 Å². The van der Waals surface area contributed by atoms with Crippen LogP contribution in [-0.4, -0.2) is 32.6 Å². The van der Waals surface area contributed by atoms with Gasteiger partial charge in [0.25, 0.3) is 0 Å². The second-order valence-electron chi connectivity index (χ2n) is 5.50. The highest BCUT2D eigenvalue weighted by molar-refractivity contribution is 5.93. The lowest BCUT2D eigenvalue weighted by atomic mass is 10.2. The minimum Gasteiger partial charge on any atom is -0.495 e. The van der Waals surface area contributed by atoms with E-state index in [4.69, 9.17) is 4.74 Å². The van der Waals surface area contributed by atoms with Crippen LogP contribution in [0.25, 0.3) is 0 Å². The molecule has 0 radical (unpaired) electrons. The molecule has 0 aliphatic carbocycles. The predicted molar refractivity (Wildman–Crippen MR) is 97.2 cm³/mol. The monoisotopic (exact) mass is 342 g/mol. The molecule has 0 spiro atoms. The zero-order valence-electron chi connectivity index (χ0n) is 14.6. The van der Waals surface area contributed by atoms with Crippen LogP contribution in [0.1, 0.15) is 22.3 Å². The summed E-state index contributed by atoms with van der Waals surface area (Å²) in [5.41, 5.74) is 3.04. The molecule has 0 atom stereocenters. The van der Waals surface area contributed by atoms with Crippen molar-refractivity contribution >= 4 is 23.3 Å². The summed E-state index contributed by atoms with van der Waals surface area (Å²) in [6.07, 6.45) is 0.301. The van der Waals surface area contributed by atoms with Gasteiger partial charge >= 0.3 is 5.97 Å². The molecule has 2 aromatic rings.